The Morgan fingerprint density at radius 3 is 2.21 bits per heavy atom. The smallest absolute Gasteiger partial charge is 0.184 e. The minimum atomic E-state index is -2.03. The third kappa shape index (κ3) is 2.74. The van der Waals surface area contributed by atoms with Crippen LogP contribution in [0.15, 0.2) is 41.5 Å². The fourth-order valence-electron chi connectivity index (χ4n) is 6.83. The summed E-state index contributed by atoms with van der Waals surface area (Å²) in [5, 5.41) is 19.8. The topological polar surface area (TPSA) is 109 Å². The molecule has 0 aromatic heterocycles. The van der Waals surface area contributed by atoms with Crippen molar-refractivity contribution in [2.75, 3.05) is 0 Å². The van der Waals surface area contributed by atoms with Gasteiger partial charge in [-0.1, -0.05) is 37.1 Å². The molecule has 0 aliphatic heterocycles. The van der Waals surface area contributed by atoms with E-state index in [0.717, 1.165) is 17.2 Å². The van der Waals surface area contributed by atoms with E-state index in [1.807, 2.05) is 53.7 Å². The van der Waals surface area contributed by atoms with E-state index in [1.54, 1.807) is 0 Å². The number of carbonyl (C=O) groups is 4. The van der Waals surface area contributed by atoms with Crippen molar-refractivity contribution in [1.82, 2.24) is 0 Å². The second kappa shape index (κ2) is 7.49. The van der Waals surface area contributed by atoms with Crippen molar-refractivity contribution >= 4 is 23.1 Å². The van der Waals surface area contributed by atoms with Crippen molar-refractivity contribution in [3.05, 3.63) is 47.1 Å². The second-order valence-corrected chi connectivity index (χ2v) is 11.2. The van der Waals surface area contributed by atoms with E-state index in [-0.39, 0.29) is 23.7 Å². The minimum absolute atomic E-state index is 0.0336. The first-order valence-electron chi connectivity index (χ1n) is 11.7. The fraction of sp³-hybridized carbons (Fsp3) is 0.500. The predicted molar refractivity (Wildman–Crippen MR) is 126 cm³/mol. The first-order valence-corrected chi connectivity index (χ1v) is 11.7. The summed E-state index contributed by atoms with van der Waals surface area (Å²) in [7, 11) is 0. The molecular weight excluding hydrogens is 432 g/mol. The summed E-state index contributed by atoms with van der Waals surface area (Å²) < 4.78 is 0. The number of carbonyl (C=O) groups excluding carboxylic acids is 4. The van der Waals surface area contributed by atoms with Crippen molar-refractivity contribution in [3.8, 4) is 11.5 Å². The maximum atomic E-state index is 14.6. The number of hydrogen-bond donors (Lipinski definition) is 2. The van der Waals surface area contributed by atoms with Crippen molar-refractivity contribution in [2.45, 2.75) is 54.4 Å². The largest absolute Gasteiger partial charge is 0.504 e. The lowest BCUT2D eigenvalue weighted by Gasteiger charge is -2.68. The van der Waals surface area contributed by atoms with E-state index >= 15 is 0 Å². The molecule has 5 rings (SSSR count). The van der Waals surface area contributed by atoms with Gasteiger partial charge in [0.25, 0.3) is 0 Å². The van der Waals surface area contributed by atoms with Crippen LogP contribution in [-0.4, -0.2) is 33.3 Å². The van der Waals surface area contributed by atoms with Crippen molar-refractivity contribution in [3.63, 3.8) is 0 Å². The maximum absolute atomic E-state index is 14.6. The predicted octanol–water partition coefficient (Wildman–Crippen LogP) is 4.59. The number of phenolic OH excluding ortho intramolecular Hbond substituents is 2. The molecular formula is C28H32O6. The van der Waals surface area contributed by atoms with Gasteiger partial charge in [0.2, 0.25) is 0 Å². The minimum Gasteiger partial charge on any atom is -0.504 e. The van der Waals surface area contributed by atoms with E-state index in [9.17, 15) is 29.4 Å². The summed E-state index contributed by atoms with van der Waals surface area (Å²) in [6.45, 7) is 11.3. The number of phenols is 2. The van der Waals surface area contributed by atoms with Crippen molar-refractivity contribution in [1.29, 1.82) is 0 Å². The summed E-state index contributed by atoms with van der Waals surface area (Å²) in [6.07, 6.45) is 4.17. The Morgan fingerprint density at radius 2 is 1.65 bits per heavy atom. The molecule has 0 radical (unpaired) electrons. The number of Topliss-reactive ketones (excluding diaryl/α,β-unsaturated/α-hetero) is 4. The molecule has 180 valence electrons. The Kier molecular flexibility index (Phi) is 5.31. The monoisotopic (exact) mass is 464 g/mol. The lowest BCUT2D eigenvalue weighted by atomic mass is 9.30. The molecule has 0 spiro atoms. The number of aromatic hydroxyl groups is 2. The molecule has 2 N–H and O–H groups in total. The summed E-state index contributed by atoms with van der Waals surface area (Å²) in [5.74, 6) is -5.17. The standard InChI is InChI=1S/C28H32O6/c1-14(2)9-10-27-23(32)17-13-18(26(27,5)6)19(11-15(3)4)28(24(17)33,25(27)34)22(31)16-7-8-20(29)21(30)12-16/h7-9,11-12,17-19,29-30H,10,13H2,1-6H3/t17-,18-,19+,27+,28+/m1/s1. The lowest BCUT2D eigenvalue weighted by molar-refractivity contribution is -0.199. The van der Waals surface area contributed by atoms with Crippen LogP contribution in [0.25, 0.3) is 0 Å². The summed E-state index contributed by atoms with van der Waals surface area (Å²) in [5.41, 5.74) is -2.49. The van der Waals surface area contributed by atoms with Crippen LogP contribution in [0.1, 0.15) is 64.7 Å². The van der Waals surface area contributed by atoms with Crippen LogP contribution in [0.3, 0.4) is 0 Å². The third-order valence-electron chi connectivity index (χ3n) is 8.56. The Hall–Kier alpha value is -3.02. The number of hydrogen-bond acceptors (Lipinski definition) is 6. The Morgan fingerprint density at radius 1 is 1.00 bits per heavy atom. The summed E-state index contributed by atoms with van der Waals surface area (Å²) in [6, 6.07) is 3.57. The highest BCUT2D eigenvalue weighted by Gasteiger charge is 2.82. The van der Waals surface area contributed by atoms with E-state index in [0.29, 0.717) is 6.42 Å². The Labute approximate surface area is 199 Å². The highest BCUT2D eigenvalue weighted by Crippen LogP contribution is 2.71. The molecule has 6 heteroatoms. The van der Waals surface area contributed by atoms with E-state index in [1.165, 1.54) is 12.1 Å². The van der Waals surface area contributed by atoms with Crippen LogP contribution >= 0.6 is 0 Å². The molecule has 4 saturated carbocycles. The molecule has 34 heavy (non-hydrogen) atoms. The van der Waals surface area contributed by atoms with E-state index in [2.05, 4.69) is 0 Å². The van der Waals surface area contributed by atoms with Gasteiger partial charge in [0.15, 0.2) is 40.0 Å². The van der Waals surface area contributed by atoms with Crippen LogP contribution in [0.4, 0.5) is 0 Å². The highest BCUT2D eigenvalue weighted by molar-refractivity contribution is 6.41. The van der Waals surface area contributed by atoms with Gasteiger partial charge in [-0.3, -0.25) is 19.2 Å². The van der Waals surface area contributed by atoms with Crippen molar-refractivity contribution < 1.29 is 29.4 Å². The third-order valence-corrected chi connectivity index (χ3v) is 8.56. The molecule has 4 bridgehead atoms. The van der Waals surface area contributed by atoms with Crippen LogP contribution in [0.2, 0.25) is 0 Å². The molecule has 5 atom stereocenters. The number of rotatable bonds is 5. The van der Waals surface area contributed by atoms with Gasteiger partial charge < -0.3 is 10.2 Å². The fourth-order valence-corrected chi connectivity index (χ4v) is 6.83. The van der Waals surface area contributed by atoms with Crippen LogP contribution in [0.5, 0.6) is 11.5 Å². The molecule has 0 heterocycles. The van der Waals surface area contributed by atoms with Gasteiger partial charge >= 0.3 is 0 Å². The molecule has 1 aromatic carbocycles. The summed E-state index contributed by atoms with van der Waals surface area (Å²) in [4.78, 5) is 56.5. The molecule has 1 aromatic rings. The second-order valence-electron chi connectivity index (χ2n) is 11.2. The molecule has 6 nitrogen and oxygen atoms in total. The van der Waals surface area contributed by atoms with Gasteiger partial charge in [-0.15, -0.1) is 0 Å². The zero-order chi connectivity index (χ0) is 25.4. The quantitative estimate of drug-likeness (QED) is 0.286. The normalized spacial score (nSPS) is 33.1. The summed E-state index contributed by atoms with van der Waals surface area (Å²) >= 11 is 0. The van der Waals surface area contributed by atoms with Gasteiger partial charge in [-0.25, -0.2) is 0 Å². The Bertz CT molecular complexity index is 1190. The average molecular weight is 465 g/mol. The van der Waals surface area contributed by atoms with E-state index in [4.69, 9.17) is 0 Å². The molecule has 4 aliphatic rings. The first-order chi connectivity index (χ1) is 15.7. The van der Waals surface area contributed by atoms with Crippen LogP contribution in [0, 0.1) is 34.0 Å². The molecule has 0 amide bonds. The van der Waals surface area contributed by atoms with E-state index < -0.39 is 56.9 Å². The van der Waals surface area contributed by atoms with Gasteiger partial charge in [-0.05, 0) is 70.1 Å². The van der Waals surface area contributed by atoms with Crippen LogP contribution < -0.4 is 0 Å². The maximum Gasteiger partial charge on any atom is 0.184 e. The van der Waals surface area contributed by atoms with Crippen molar-refractivity contribution in [2.24, 2.45) is 34.0 Å². The van der Waals surface area contributed by atoms with Crippen LogP contribution in [-0.2, 0) is 14.4 Å². The van der Waals surface area contributed by atoms with Gasteiger partial charge in [0, 0.05) is 11.5 Å². The van der Waals surface area contributed by atoms with Gasteiger partial charge in [0.1, 0.15) is 0 Å². The van der Waals surface area contributed by atoms with Gasteiger partial charge in [-0.2, -0.15) is 0 Å². The number of allylic oxidation sites excluding steroid dienone is 4. The molecule has 0 saturated heterocycles. The number of ketones is 4. The highest BCUT2D eigenvalue weighted by atomic mass is 16.3. The van der Waals surface area contributed by atoms with Gasteiger partial charge in [0.05, 0.1) is 11.3 Å². The molecule has 0 unspecified atom stereocenters. The molecule has 4 fully saturated rings. The average Bonchev–Trinajstić information content (AvgIpc) is 2.73. The first kappa shape index (κ1) is 24.1. The zero-order valence-electron chi connectivity index (χ0n) is 20.6. The lowest BCUT2D eigenvalue weighted by Crippen LogP contribution is -2.79. The number of benzene rings is 1. The SMILES string of the molecule is CC(C)=CC[C@]12C(=O)[C@H]3C[C@H]([C@H](C=C(C)C)[C@](C(=O)c4ccc(O)c(O)c4)(C3=O)C1=O)C2(C)C. The zero-order valence-corrected chi connectivity index (χ0v) is 20.6. The molecule has 4 aliphatic carbocycles. The Balaban J connectivity index is 2.06.